The van der Waals surface area contributed by atoms with Crippen molar-refractivity contribution in [2.24, 2.45) is 0 Å². The number of rotatable bonds is 8. The summed E-state index contributed by atoms with van der Waals surface area (Å²) in [4.78, 5) is 22.9. The van der Waals surface area contributed by atoms with Gasteiger partial charge in [-0.05, 0) is 19.1 Å². The second kappa shape index (κ2) is 8.70. The number of nitro benzene ring substituents is 1. The molecule has 0 aromatic heterocycles. The molecular weight excluding hydrogens is 386 g/mol. The van der Waals surface area contributed by atoms with Crippen molar-refractivity contribution in [3.05, 3.63) is 63.7 Å². The van der Waals surface area contributed by atoms with Crippen molar-refractivity contribution in [1.82, 2.24) is 5.32 Å². The van der Waals surface area contributed by atoms with Gasteiger partial charge in [0.25, 0.3) is 5.69 Å². The van der Waals surface area contributed by atoms with Crippen LogP contribution >= 0.6 is 0 Å². The van der Waals surface area contributed by atoms with Gasteiger partial charge in [-0.2, -0.15) is 0 Å². The molecule has 0 aliphatic carbocycles. The molecule has 10 heteroatoms. The van der Waals surface area contributed by atoms with Gasteiger partial charge < -0.3 is 10.1 Å². The van der Waals surface area contributed by atoms with Crippen LogP contribution in [0.3, 0.4) is 0 Å². The second-order valence-electron chi connectivity index (χ2n) is 6.04. The molecule has 2 rings (SSSR count). The summed E-state index contributed by atoms with van der Waals surface area (Å²) < 4.78 is 30.5. The summed E-state index contributed by atoms with van der Waals surface area (Å²) in [5, 5.41) is 13.8. The molecule has 0 saturated heterocycles. The highest BCUT2D eigenvalue weighted by molar-refractivity contribution is 7.92. The minimum Gasteiger partial charge on any atom is -0.496 e. The van der Waals surface area contributed by atoms with Gasteiger partial charge >= 0.3 is 0 Å². The van der Waals surface area contributed by atoms with Gasteiger partial charge in [0.2, 0.25) is 15.9 Å². The molecule has 28 heavy (non-hydrogen) atoms. The molecule has 0 aliphatic rings. The number of ether oxygens (including phenoxy) is 1. The van der Waals surface area contributed by atoms with Crippen molar-refractivity contribution in [3.8, 4) is 5.75 Å². The lowest BCUT2D eigenvalue weighted by Gasteiger charge is -2.23. The summed E-state index contributed by atoms with van der Waals surface area (Å²) in [6.07, 6.45) is 0.943. The molecule has 1 N–H and O–H groups in total. The Morgan fingerprint density at radius 2 is 1.89 bits per heavy atom. The summed E-state index contributed by atoms with van der Waals surface area (Å²) in [6.45, 7) is 1.09. The van der Waals surface area contributed by atoms with Crippen LogP contribution in [0.15, 0.2) is 42.5 Å². The SMILES string of the molecule is COc1ccccc1CNC(=O)CN(c1cccc([N+](=O)[O-])c1C)S(C)(=O)=O. The number of benzene rings is 2. The summed E-state index contributed by atoms with van der Waals surface area (Å²) in [5.41, 5.74) is 0.760. The van der Waals surface area contributed by atoms with E-state index >= 15 is 0 Å². The van der Waals surface area contributed by atoms with E-state index in [4.69, 9.17) is 4.74 Å². The van der Waals surface area contributed by atoms with Crippen LogP contribution in [0.25, 0.3) is 0 Å². The fourth-order valence-corrected chi connectivity index (χ4v) is 3.60. The number of anilines is 1. The Balaban J connectivity index is 2.23. The average molecular weight is 407 g/mol. The van der Waals surface area contributed by atoms with Crippen molar-refractivity contribution in [3.63, 3.8) is 0 Å². The Kier molecular flexibility index (Phi) is 6.57. The number of nitro groups is 1. The largest absolute Gasteiger partial charge is 0.496 e. The standard InChI is InChI=1S/C18H21N3O6S/c1-13-15(8-6-9-16(13)21(23)24)20(28(3,25)26)12-18(22)19-11-14-7-4-5-10-17(14)27-2/h4-10H,11-12H2,1-3H3,(H,19,22). The molecule has 2 aromatic rings. The van der Waals surface area contributed by atoms with E-state index in [1.807, 2.05) is 0 Å². The van der Waals surface area contributed by atoms with E-state index in [1.165, 1.54) is 32.2 Å². The summed E-state index contributed by atoms with van der Waals surface area (Å²) >= 11 is 0. The third-order valence-electron chi connectivity index (χ3n) is 4.10. The Labute approximate surface area is 163 Å². The predicted octanol–water partition coefficient (Wildman–Crippen LogP) is 1.99. The molecular formula is C18H21N3O6S. The summed E-state index contributed by atoms with van der Waals surface area (Å²) in [5.74, 6) is 0.0412. The van der Waals surface area contributed by atoms with Crippen LogP contribution in [-0.2, 0) is 21.4 Å². The number of hydrogen-bond acceptors (Lipinski definition) is 6. The number of para-hydroxylation sites is 1. The first-order chi connectivity index (χ1) is 13.1. The van der Waals surface area contributed by atoms with Gasteiger partial charge in [-0.3, -0.25) is 19.2 Å². The van der Waals surface area contributed by atoms with Gasteiger partial charge in [0.15, 0.2) is 0 Å². The van der Waals surface area contributed by atoms with Gasteiger partial charge in [-0.1, -0.05) is 24.3 Å². The maximum atomic E-state index is 12.4. The molecule has 0 aliphatic heterocycles. The molecule has 0 atom stereocenters. The Bertz CT molecular complexity index is 991. The maximum absolute atomic E-state index is 12.4. The van der Waals surface area contributed by atoms with E-state index < -0.39 is 27.4 Å². The van der Waals surface area contributed by atoms with Crippen LogP contribution in [-0.4, -0.2) is 39.2 Å². The van der Waals surface area contributed by atoms with Crippen LogP contribution in [0.4, 0.5) is 11.4 Å². The molecule has 2 aromatic carbocycles. The highest BCUT2D eigenvalue weighted by Gasteiger charge is 2.25. The zero-order valence-corrected chi connectivity index (χ0v) is 16.5. The Morgan fingerprint density at radius 3 is 2.50 bits per heavy atom. The Morgan fingerprint density at radius 1 is 1.21 bits per heavy atom. The molecule has 0 saturated carbocycles. The zero-order valence-electron chi connectivity index (χ0n) is 15.7. The highest BCUT2D eigenvalue weighted by Crippen LogP contribution is 2.29. The first kappa shape index (κ1) is 21.2. The first-order valence-electron chi connectivity index (χ1n) is 8.25. The maximum Gasteiger partial charge on any atom is 0.274 e. The third kappa shape index (κ3) is 4.97. The number of nitrogens with one attached hydrogen (secondary N) is 1. The monoisotopic (exact) mass is 407 g/mol. The minimum atomic E-state index is -3.85. The van der Waals surface area contributed by atoms with Crippen molar-refractivity contribution >= 4 is 27.3 Å². The molecule has 0 spiro atoms. The first-order valence-corrected chi connectivity index (χ1v) is 10.1. The van der Waals surface area contributed by atoms with Gasteiger partial charge in [0.1, 0.15) is 12.3 Å². The Hall–Kier alpha value is -3.14. The van der Waals surface area contributed by atoms with Crippen LogP contribution in [0.1, 0.15) is 11.1 Å². The lowest BCUT2D eigenvalue weighted by atomic mass is 10.1. The van der Waals surface area contributed by atoms with E-state index in [0.717, 1.165) is 16.1 Å². The average Bonchev–Trinajstić information content (AvgIpc) is 2.64. The number of carbonyl (C=O) groups is 1. The molecule has 0 unspecified atom stereocenters. The van der Waals surface area contributed by atoms with Gasteiger partial charge in [0, 0.05) is 18.2 Å². The number of nitrogens with zero attached hydrogens (tertiary/aromatic N) is 2. The van der Waals surface area contributed by atoms with Gasteiger partial charge in [-0.15, -0.1) is 0 Å². The predicted molar refractivity (Wildman–Crippen MR) is 105 cm³/mol. The third-order valence-corrected chi connectivity index (χ3v) is 5.22. The van der Waals surface area contributed by atoms with Crippen molar-refractivity contribution in [1.29, 1.82) is 0 Å². The molecule has 0 radical (unpaired) electrons. The molecule has 0 heterocycles. The topological polar surface area (TPSA) is 119 Å². The lowest BCUT2D eigenvalue weighted by Crippen LogP contribution is -2.40. The molecule has 1 amide bonds. The van der Waals surface area contributed by atoms with Crippen LogP contribution in [0, 0.1) is 17.0 Å². The normalized spacial score (nSPS) is 11.0. The van der Waals surface area contributed by atoms with Crippen molar-refractivity contribution in [2.75, 3.05) is 24.2 Å². The fourth-order valence-electron chi connectivity index (χ4n) is 2.69. The smallest absolute Gasteiger partial charge is 0.274 e. The minimum absolute atomic E-state index is 0.0872. The summed E-state index contributed by atoms with van der Waals surface area (Å²) in [6, 6.07) is 11.2. The second-order valence-corrected chi connectivity index (χ2v) is 7.94. The van der Waals surface area contributed by atoms with Gasteiger partial charge in [0.05, 0.1) is 29.5 Å². The number of sulfonamides is 1. The van der Waals surface area contributed by atoms with Crippen LogP contribution in [0.5, 0.6) is 5.75 Å². The number of carbonyl (C=O) groups excluding carboxylic acids is 1. The molecule has 150 valence electrons. The molecule has 9 nitrogen and oxygen atoms in total. The number of hydrogen-bond donors (Lipinski definition) is 1. The fraction of sp³-hybridized carbons (Fsp3) is 0.278. The highest BCUT2D eigenvalue weighted by atomic mass is 32.2. The van der Waals surface area contributed by atoms with Crippen LogP contribution < -0.4 is 14.4 Å². The molecule has 0 bridgehead atoms. The van der Waals surface area contributed by atoms with E-state index in [0.29, 0.717) is 5.75 Å². The quantitative estimate of drug-likeness (QED) is 0.528. The number of amides is 1. The van der Waals surface area contributed by atoms with Crippen molar-refractivity contribution < 1.29 is 22.9 Å². The molecule has 0 fully saturated rings. The van der Waals surface area contributed by atoms with E-state index in [-0.39, 0.29) is 23.5 Å². The summed E-state index contributed by atoms with van der Waals surface area (Å²) in [7, 11) is -2.34. The van der Waals surface area contributed by atoms with E-state index in [2.05, 4.69) is 5.32 Å². The number of methoxy groups -OCH3 is 1. The van der Waals surface area contributed by atoms with E-state index in [9.17, 15) is 23.3 Å². The van der Waals surface area contributed by atoms with Crippen LogP contribution in [0.2, 0.25) is 0 Å². The lowest BCUT2D eigenvalue weighted by molar-refractivity contribution is -0.385. The zero-order chi connectivity index (χ0) is 20.9. The van der Waals surface area contributed by atoms with Gasteiger partial charge in [-0.25, -0.2) is 8.42 Å². The van der Waals surface area contributed by atoms with E-state index in [1.54, 1.807) is 24.3 Å². The van der Waals surface area contributed by atoms with Crippen molar-refractivity contribution in [2.45, 2.75) is 13.5 Å².